The lowest BCUT2D eigenvalue weighted by atomic mass is 10.3. The molecule has 1 saturated heterocycles. The maximum absolute atomic E-state index is 12.1. The van der Waals surface area contributed by atoms with Gasteiger partial charge in [0.25, 0.3) is 0 Å². The summed E-state index contributed by atoms with van der Waals surface area (Å²) in [5.74, 6) is -0.292. The number of carbonyl (C=O) groups excluding carboxylic acids is 1. The summed E-state index contributed by atoms with van der Waals surface area (Å²) in [6.45, 7) is 2.12. The zero-order valence-corrected chi connectivity index (χ0v) is 13.3. The second-order valence-electron chi connectivity index (χ2n) is 4.52. The fourth-order valence-electron chi connectivity index (χ4n) is 1.95. The van der Waals surface area contributed by atoms with Crippen molar-refractivity contribution in [1.82, 2.24) is 4.90 Å². The molecule has 0 unspecified atom stereocenters. The van der Waals surface area contributed by atoms with Crippen molar-refractivity contribution in [3.8, 4) is 0 Å². The molecule has 1 aliphatic heterocycles. The lowest BCUT2D eigenvalue weighted by molar-refractivity contribution is -0.134. The highest BCUT2D eigenvalue weighted by molar-refractivity contribution is 9.10. The summed E-state index contributed by atoms with van der Waals surface area (Å²) < 4.78 is 30.2. The number of ether oxygens (including phenoxy) is 1. The summed E-state index contributed by atoms with van der Waals surface area (Å²) in [7, 11) is -3.41. The van der Waals surface area contributed by atoms with Gasteiger partial charge >= 0.3 is 0 Å². The minimum absolute atomic E-state index is 0.0123. The molecule has 1 aliphatic rings. The second kappa shape index (κ2) is 6.69. The Kier molecular flexibility index (Phi) is 5.17. The van der Waals surface area contributed by atoms with Crippen molar-refractivity contribution >= 4 is 31.7 Å². The molecule has 20 heavy (non-hydrogen) atoms. The van der Waals surface area contributed by atoms with Gasteiger partial charge in [0.1, 0.15) is 0 Å². The Bertz CT molecular complexity index is 565. The predicted molar refractivity (Wildman–Crippen MR) is 78.2 cm³/mol. The maximum atomic E-state index is 12.1. The van der Waals surface area contributed by atoms with Crippen LogP contribution in [0.15, 0.2) is 33.6 Å². The van der Waals surface area contributed by atoms with Crippen molar-refractivity contribution in [3.05, 3.63) is 28.7 Å². The first-order chi connectivity index (χ1) is 9.49. The molecule has 0 bridgehead atoms. The summed E-state index contributed by atoms with van der Waals surface area (Å²) in [6, 6.07) is 6.44. The molecule has 1 amide bonds. The number of carbonyl (C=O) groups is 1. The van der Waals surface area contributed by atoms with Crippen LogP contribution in [0.2, 0.25) is 0 Å². The van der Waals surface area contributed by atoms with Crippen LogP contribution in [0.25, 0.3) is 0 Å². The Morgan fingerprint density at radius 1 is 1.20 bits per heavy atom. The molecule has 0 atom stereocenters. The molecule has 1 aromatic rings. The van der Waals surface area contributed by atoms with E-state index in [0.29, 0.717) is 26.3 Å². The first kappa shape index (κ1) is 15.5. The van der Waals surface area contributed by atoms with E-state index in [1.54, 1.807) is 29.2 Å². The molecular weight excluding hydrogens is 346 g/mol. The molecule has 110 valence electrons. The van der Waals surface area contributed by atoms with E-state index in [1.165, 1.54) is 0 Å². The number of rotatable bonds is 4. The van der Waals surface area contributed by atoms with Crippen LogP contribution < -0.4 is 0 Å². The topological polar surface area (TPSA) is 63.7 Å². The van der Waals surface area contributed by atoms with Gasteiger partial charge in [-0.25, -0.2) is 8.42 Å². The standard InChI is InChI=1S/C13H16BrNO4S/c14-11-1-3-12(4-2-11)20(17,18)10-5-13(16)15-6-8-19-9-7-15/h1-4H,5-10H2. The molecule has 0 aromatic heterocycles. The fraction of sp³-hybridized carbons (Fsp3) is 0.462. The Morgan fingerprint density at radius 3 is 2.40 bits per heavy atom. The minimum Gasteiger partial charge on any atom is -0.378 e. The van der Waals surface area contributed by atoms with E-state index in [2.05, 4.69) is 15.9 Å². The molecule has 0 radical (unpaired) electrons. The Morgan fingerprint density at radius 2 is 1.80 bits per heavy atom. The SMILES string of the molecule is O=C(CCS(=O)(=O)c1ccc(Br)cc1)N1CCOCC1. The average Bonchev–Trinajstić information content (AvgIpc) is 2.46. The van der Waals surface area contributed by atoms with E-state index >= 15 is 0 Å². The highest BCUT2D eigenvalue weighted by Gasteiger charge is 2.21. The summed E-state index contributed by atoms with van der Waals surface area (Å²) in [5.41, 5.74) is 0. The summed E-state index contributed by atoms with van der Waals surface area (Å²) in [4.78, 5) is 13.8. The predicted octanol–water partition coefficient (Wildman–Crippen LogP) is 1.47. The van der Waals surface area contributed by atoms with Crippen LogP contribution in [0.3, 0.4) is 0 Å². The molecule has 0 saturated carbocycles. The molecule has 7 heteroatoms. The zero-order chi connectivity index (χ0) is 14.6. The van der Waals surface area contributed by atoms with Gasteiger partial charge in [0.15, 0.2) is 9.84 Å². The number of hydrogen-bond acceptors (Lipinski definition) is 4. The van der Waals surface area contributed by atoms with Crippen molar-refractivity contribution in [3.63, 3.8) is 0 Å². The van der Waals surface area contributed by atoms with E-state index in [1.807, 2.05) is 0 Å². The van der Waals surface area contributed by atoms with Gasteiger partial charge in [-0.3, -0.25) is 4.79 Å². The minimum atomic E-state index is -3.41. The number of amides is 1. The molecule has 2 rings (SSSR count). The first-order valence-corrected chi connectivity index (χ1v) is 8.77. The van der Waals surface area contributed by atoms with Crippen LogP contribution in [-0.2, 0) is 19.4 Å². The number of benzene rings is 1. The average molecular weight is 362 g/mol. The third kappa shape index (κ3) is 4.04. The number of nitrogens with zero attached hydrogens (tertiary/aromatic N) is 1. The molecule has 0 spiro atoms. The molecule has 0 N–H and O–H groups in total. The summed E-state index contributed by atoms with van der Waals surface area (Å²) >= 11 is 3.26. The maximum Gasteiger partial charge on any atom is 0.223 e. The first-order valence-electron chi connectivity index (χ1n) is 6.33. The van der Waals surface area contributed by atoms with Crippen molar-refractivity contribution in [2.24, 2.45) is 0 Å². The van der Waals surface area contributed by atoms with Crippen molar-refractivity contribution in [2.75, 3.05) is 32.1 Å². The lowest BCUT2D eigenvalue weighted by Crippen LogP contribution is -2.41. The fourth-order valence-corrected chi connectivity index (χ4v) is 3.45. The third-order valence-corrected chi connectivity index (χ3v) is 5.38. The van der Waals surface area contributed by atoms with Crippen LogP contribution >= 0.6 is 15.9 Å². The number of hydrogen-bond donors (Lipinski definition) is 0. The Labute approximate surface area is 127 Å². The molecule has 1 heterocycles. The third-order valence-electron chi connectivity index (χ3n) is 3.12. The quantitative estimate of drug-likeness (QED) is 0.814. The largest absolute Gasteiger partial charge is 0.378 e. The van der Waals surface area contributed by atoms with Gasteiger partial charge < -0.3 is 9.64 Å². The Hall–Kier alpha value is -0.920. The van der Waals surface area contributed by atoms with Crippen molar-refractivity contribution in [1.29, 1.82) is 0 Å². The van der Waals surface area contributed by atoms with E-state index < -0.39 is 9.84 Å². The van der Waals surface area contributed by atoms with Crippen LogP contribution in [0.4, 0.5) is 0 Å². The zero-order valence-electron chi connectivity index (χ0n) is 10.9. The van der Waals surface area contributed by atoms with Gasteiger partial charge in [0.2, 0.25) is 5.91 Å². The van der Waals surface area contributed by atoms with Crippen LogP contribution in [0.5, 0.6) is 0 Å². The normalized spacial score (nSPS) is 16.1. The number of sulfone groups is 1. The second-order valence-corrected chi connectivity index (χ2v) is 7.54. The van der Waals surface area contributed by atoms with Gasteiger partial charge in [-0.2, -0.15) is 0 Å². The van der Waals surface area contributed by atoms with Crippen LogP contribution in [-0.4, -0.2) is 51.3 Å². The Balaban J connectivity index is 1.95. The van der Waals surface area contributed by atoms with E-state index in [4.69, 9.17) is 4.74 Å². The van der Waals surface area contributed by atoms with Gasteiger partial charge in [0.05, 0.1) is 23.9 Å². The van der Waals surface area contributed by atoms with E-state index in [-0.39, 0.29) is 23.0 Å². The molecule has 5 nitrogen and oxygen atoms in total. The van der Waals surface area contributed by atoms with Crippen LogP contribution in [0, 0.1) is 0 Å². The van der Waals surface area contributed by atoms with E-state index in [9.17, 15) is 13.2 Å². The smallest absolute Gasteiger partial charge is 0.223 e. The van der Waals surface area contributed by atoms with Crippen LogP contribution in [0.1, 0.15) is 6.42 Å². The summed E-state index contributed by atoms with van der Waals surface area (Å²) in [6.07, 6.45) is 0.0123. The van der Waals surface area contributed by atoms with Crippen molar-refractivity contribution in [2.45, 2.75) is 11.3 Å². The molecule has 1 aromatic carbocycles. The highest BCUT2D eigenvalue weighted by atomic mass is 79.9. The van der Waals surface area contributed by atoms with Gasteiger partial charge in [-0.05, 0) is 24.3 Å². The van der Waals surface area contributed by atoms with E-state index in [0.717, 1.165) is 4.47 Å². The van der Waals surface area contributed by atoms with Gasteiger partial charge in [-0.15, -0.1) is 0 Å². The lowest BCUT2D eigenvalue weighted by Gasteiger charge is -2.26. The van der Waals surface area contributed by atoms with Gasteiger partial charge in [-0.1, -0.05) is 15.9 Å². The monoisotopic (exact) mass is 361 g/mol. The van der Waals surface area contributed by atoms with Crippen molar-refractivity contribution < 1.29 is 17.9 Å². The number of morpholine rings is 1. The highest BCUT2D eigenvalue weighted by Crippen LogP contribution is 2.16. The molecule has 0 aliphatic carbocycles. The summed E-state index contributed by atoms with van der Waals surface area (Å²) in [5, 5.41) is 0. The molecule has 1 fully saturated rings. The number of halogens is 1. The van der Waals surface area contributed by atoms with Gasteiger partial charge in [0, 0.05) is 24.0 Å². The molecular formula is C13H16BrNO4S.